The Balaban J connectivity index is 2.12. The highest BCUT2D eigenvalue weighted by atomic mass is 19.1. The Bertz CT molecular complexity index is 789. The smallest absolute Gasteiger partial charge is 0.267 e. The van der Waals surface area contributed by atoms with Gasteiger partial charge in [-0.1, -0.05) is 12.1 Å². The second-order valence-corrected chi connectivity index (χ2v) is 5.02. The molecule has 0 atom stereocenters. The highest BCUT2D eigenvalue weighted by Gasteiger charge is 2.09. The first-order valence-corrected chi connectivity index (χ1v) is 7.01. The van der Waals surface area contributed by atoms with Crippen molar-refractivity contribution in [2.45, 2.75) is 13.8 Å². The molecule has 4 nitrogen and oxygen atoms in total. The second kappa shape index (κ2) is 7.23. The molecule has 0 aliphatic heterocycles. The van der Waals surface area contributed by atoms with Gasteiger partial charge in [0.05, 0.1) is 0 Å². The summed E-state index contributed by atoms with van der Waals surface area (Å²) in [7, 11) is 0. The lowest BCUT2D eigenvalue weighted by molar-refractivity contribution is -0.112. The monoisotopic (exact) mass is 309 g/mol. The summed E-state index contributed by atoms with van der Waals surface area (Å²) in [5.74, 6) is -0.951. The first kappa shape index (κ1) is 16.2. The molecule has 2 N–H and O–H groups in total. The first-order chi connectivity index (χ1) is 11.0. The Hall–Kier alpha value is -3.13. The molecule has 0 aliphatic carbocycles. The van der Waals surface area contributed by atoms with E-state index in [-0.39, 0.29) is 5.57 Å². The van der Waals surface area contributed by atoms with Crippen LogP contribution >= 0.6 is 0 Å². The molecular weight excluding hydrogens is 293 g/mol. The molecule has 0 saturated heterocycles. The van der Waals surface area contributed by atoms with Gasteiger partial charge in [0.25, 0.3) is 5.91 Å². The van der Waals surface area contributed by atoms with E-state index >= 15 is 0 Å². The Morgan fingerprint density at radius 1 is 1.17 bits per heavy atom. The fourth-order valence-corrected chi connectivity index (χ4v) is 1.94. The number of aryl methyl sites for hydroxylation is 1. The summed E-state index contributed by atoms with van der Waals surface area (Å²) in [5, 5.41) is 14.7. The predicted molar refractivity (Wildman–Crippen MR) is 88.3 cm³/mol. The maximum Gasteiger partial charge on any atom is 0.267 e. The number of amides is 1. The SMILES string of the molecule is Cc1cccc(N/C=C(/C#N)C(=O)Nc2ccc(F)cc2)c1C. The minimum absolute atomic E-state index is 0.0739. The van der Waals surface area contributed by atoms with Crippen molar-refractivity contribution >= 4 is 17.3 Å². The number of carbonyl (C=O) groups is 1. The third-order valence-corrected chi connectivity index (χ3v) is 3.44. The van der Waals surface area contributed by atoms with Crippen LogP contribution in [-0.2, 0) is 4.79 Å². The standard InChI is InChI=1S/C18H16FN3O/c1-12-4-3-5-17(13(12)2)21-11-14(10-20)18(23)22-16-8-6-15(19)7-9-16/h3-9,11,21H,1-2H3,(H,22,23)/b14-11-. The minimum Gasteiger partial charge on any atom is -0.360 e. The van der Waals surface area contributed by atoms with Crippen LogP contribution in [-0.4, -0.2) is 5.91 Å². The molecule has 0 saturated carbocycles. The van der Waals surface area contributed by atoms with Crippen molar-refractivity contribution in [1.29, 1.82) is 5.26 Å². The van der Waals surface area contributed by atoms with Crippen molar-refractivity contribution in [3.63, 3.8) is 0 Å². The molecule has 0 unspecified atom stereocenters. The summed E-state index contributed by atoms with van der Waals surface area (Å²) in [4.78, 5) is 12.1. The average Bonchev–Trinajstić information content (AvgIpc) is 2.54. The highest BCUT2D eigenvalue weighted by Crippen LogP contribution is 2.18. The van der Waals surface area contributed by atoms with Crippen LogP contribution < -0.4 is 10.6 Å². The normalized spacial score (nSPS) is 10.8. The predicted octanol–water partition coefficient (Wildman–Crippen LogP) is 3.90. The maximum atomic E-state index is 12.8. The Kier molecular flexibility index (Phi) is 5.11. The third kappa shape index (κ3) is 4.17. The topological polar surface area (TPSA) is 64.9 Å². The Labute approximate surface area is 134 Å². The molecule has 2 aromatic carbocycles. The molecule has 0 fully saturated rings. The van der Waals surface area contributed by atoms with Gasteiger partial charge in [0.15, 0.2) is 0 Å². The number of hydrogen-bond donors (Lipinski definition) is 2. The van der Waals surface area contributed by atoms with Gasteiger partial charge in [-0.25, -0.2) is 4.39 Å². The molecule has 5 heteroatoms. The summed E-state index contributed by atoms with van der Waals surface area (Å²) in [6, 6.07) is 12.9. The van der Waals surface area contributed by atoms with E-state index in [1.807, 2.05) is 38.1 Å². The van der Waals surface area contributed by atoms with Gasteiger partial charge in [-0.3, -0.25) is 4.79 Å². The number of rotatable bonds is 4. The largest absolute Gasteiger partial charge is 0.360 e. The molecule has 0 bridgehead atoms. The molecule has 23 heavy (non-hydrogen) atoms. The van der Waals surface area contributed by atoms with Crippen molar-refractivity contribution in [3.8, 4) is 6.07 Å². The zero-order chi connectivity index (χ0) is 16.8. The molecule has 0 heterocycles. The first-order valence-electron chi connectivity index (χ1n) is 7.01. The van der Waals surface area contributed by atoms with E-state index in [9.17, 15) is 9.18 Å². The lowest BCUT2D eigenvalue weighted by Crippen LogP contribution is -2.14. The molecule has 0 aliphatic rings. The molecule has 0 radical (unpaired) electrons. The number of anilines is 2. The van der Waals surface area contributed by atoms with Crippen molar-refractivity contribution in [3.05, 3.63) is 71.2 Å². The number of nitrogens with one attached hydrogen (secondary N) is 2. The number of hydrogen-bond acceptors (Lipinski definition) is 3. The van der Waals surface area contributed by atoms with E-state index in [2.05, 4.69) is 10.6 Å². The highest BCUT2D eigenvalue weighted by molar-refractivity contribution is 6.06. The molecular formula is C18H16FN3O. The van der Waals surface area contributed by atoms with Gasteiger partial charge in [-0.2, -0.15) is 5.26 Å². The summed E-state index contributed by atoms with van der Waals surface area (Å²) < 4.78 is 12.8. The van der Waals surface area contributed by atoms with Crippen LogP contribution in [0.5, 0.6) is 0 Å². The summed E-state index contributed by atoms with van der Waals surface area (Å²) >= 11 is 0. The van der Waals surface area contributed by atoms with Crippen molar-refractivity contribution in [2.75, 3.05) is 10.6 Å². The summed E-state index contributed by atoms with van der Waals surface area (Å²) in [6.07, 6.45) is 1.36. The number of nitrogens with zero attached hydrogens (tertiary/aromatic N) is 1. The van der Waals surface area contributed by atoms with Gasteiger partial charge in [-0.05, 0) is 55.3 Å². The van der Waals surface area contributed by atoms with Gasteiger partial charge in [0.2, 0.25) is 0 Å². The van der Waals surface area contributed by atoms with Crippen LogP contribution in [0.2, 0.25) is 0 Å². The van der Waals surface area contributed by atoms with E-state index in [0.29, 0.717) is 5.69 Å². The lowest BCUT2D eigenvalue weighted by atomic mass is 10.1. The zero-order valence-electron chi connectivity index (χ0n) is 12.9. The fraction of sp³-hybridized carbons (Fsp3) is 0.111. The molecule has 0 spiro atoms. The fourth-order valence-electron chi connectivity index (χ4n) is 1.94. The molecule has 2 rings (SSSR count). The summed E-state index contributed by atoms with van der Waals surface area (Å²) in [6.45, 7) is 3.94. The van der Waals surface area contributed by atoms with Gasteiger partial charge >= 0.3 is 0 Å². The second-order valence-electron chi connectivity index (χ2n) is 5.02. The van der Waals surface area contributed by atoms with Crippen molar-refractivity contribution in [2.24, 2.45) is 0 Å². The maximum absolute atomic E-state index is 12.8. The number of nitriles is 1. The molecule has 1 amide bonds. The quantitative estimate of drug-likeness (QED) is 0.665. The van der Waals surface area contributed by atoms with Crippen molar-refractivity contribution in [1.82, 2.24) is 0 Å². The van der Waals surface area contributed by atoms with E-state index < -0.39 is 11.7 Å². The van der Waals surface area contributed by atoms with Crippen LogP contribution in [0.25, 0.3) is 0 Å². The van der Waals surface area contributed by atoms with Crippen LogP contribution in [0.15, 0.2) is 54.2 Å². The van der Waals surface area contributed by atoms with Crippen LogP contribution in [0.1, 0.15) is 11.1 Å². The van der Waals surface area contributed by atoms with Crippen molar-refractivity contribution < 1.29 is 9.18 Å². The number of halogens is 1. The molecule has 0 aromatic heterocycles. The summed E-state index contributed by atoms with van der Waals surface area (Å²) in [5.41, 5.74) is 3.32. The lowest BCUT2D eigenvalue weighted by Gasteiger charge is -2.09. The van der Waals surface area contributed by atoms with Gasteiger partial charge in [-0.15, -0.1) is 0 Å². The number of benzene rings is 2. The van der Waals surface area contributed by atoms with Crippen LogP contribution in [0.3, 0.4) is 0 Å². The van der Waals surface area contributed by atoms with Crippen LogP contribution in [0, 0.1) is 31.0 Å². The van der Waals surface area contributed by atoms with Crippen LogP contribution in [0.4, 0.5) is 15.8 Å². The van der Waals surface area contributed by atoms with Gasteiger partial charge < -0.3 is 10.6 Å². The van der Waals surface area contributed by atoms with Gasteiger partial charge in [0, 0.05) is 17.6 Å². The molecule has 116 valence electrons. The average molecular weight is 309 g/mol. The molecule has 2 aromatic rings. The van der Waals surface area contributed by atoms with E-state index in [1.54, 1.807) is 0 Å². The van der Waals surface area contributed by atoms with E-state index in [1.165, 1.54) is 30.5 Å². The Morgan fingerprint density at radius 2 is 1.87 bits per heavy atom. The van der Waals surface area contributed by atoms with E-state index in [0.717, 1.165) is 16.8 Å². The zero-order valence-corrected chi connectivity index (χ0v) is 12.9. The van der Waals surface area contributed by atoms with Gasteiger partial charge in [0.1, 0.15) is 17.5 Å². The Morgan fingerprint density at radius 3 is 2.52 bits per heavy atom. The minimum atomic E-state index is -0.558. The third-order valence-electron chi connectivity index (χ3n) is 3.44. The number of carbonyl (C=O) groups excluding carboxylic acids is 1. The van der Waals surface area contributed by atoms with E-state index in [4.69, 9.17) is 5.26 Å².